The fourth-order valence-electron chi connectivity index (χ4n) is 2.91. The Morgan fingerprint density at radius 3 is 2.67 bits per heavy atom. The highest BCUT2D eigenvalue weighted by Gasteiger charge is 2.22. The van der Waals surface area contributed by atoms with Crippen molar-refractivity contribution in [2.45, 2.75) is 90.9 Å². The Bertz CT molecular complexity index is 205. The van der Waals surface area contributed by atoms with Crippen molar-refractivity contribution in [2.75, 3.05) is 6.54 Å². The quantitative estimate of drug-likeness (QED) is 0.658. The largest absolute Gasteiger partial charge is 0.375 e. The molecule has 108 valence electrons. The van der Waals surface area contributed by atoms with E-state index >= 15 is 0 Å². The molecule has 3 atom stereocenters. The molecular weight excluding hydrogens is 222 g/mol. The Morgan fingerprint density at radius 2 is 2.00 bits per heavy atom. The van der Waals surface area contributed by atoms with Crippen LogP contribution in [-0.4, -0.2) is 24.8 Å². The summed E-state index contributed by atoms with van der Waals surface area (Å²) in [5.74, 6) is 0.915. The third-order valence-electron chi connectivity index (χ3n) is 4.08. The predicted octanol–water partition coefficient (Wildman–Crippen LogP) is 4.14. The number of hydrogen-bond acceptors (Lipinski definition) is 2. The summed E-state index contributed by atoms with van der Waals surface area (Å²) in [7, 11) is 0. The summed E-state index contributed by atoms with van der Waals surface area (Å²) in [5, 5.41) is 3.47. The van der Waals surface area contributed by atoms with Gasteiger partial charge in [-0.1, -0.05) is 40.0 Å². The highest BCUT2D eigenvalue weighted by molar-refractivity contribution is 4.73. The van der Waals surface area contributed by atoms with Crippen LogP contribution in [0.3, 0.4) is 0 Å². The van der Waals surface area contributed by atoms with Crippen molar-refractivity contribution < 1.29 is 4.74 Å². The average molecular weight is 255 g/mol. The van der Waals surface area contributed by atoms with Gasteiger partial charge in [0.25, 0.3) is 0 Å². The zero-order valence-electron chi connectivity index (χ0n) is 12.9. The highest BCUT2D eigenvalue weighted by atomic mass is 16.5. The average Bonchev–Trinajstić information content (AvgIpc) is 2.34. The lowest BCUT2D eigenvalue weighted by Gasteiger charge is -2.30. The Kier molecular flexibility index (Phi) is 7.92. The molecular formula is C16H33NO. The SMILES string of the molecule is CCC1CCCC(OC(C)CCCNC(C)C)C1. The molecule has 1 N–H and O–H groups in total. The first-order valence-electron chi connectivity index (χ1n) is 8.00. The van der Waals surface area contributed by atoms with E-state index in [1.54, 1.807) is 0 Å². The van der Waals surface area contributed by atoms with Crippen LogP contribution in [0, 0.1) is 5.92 Å². The Morgan fingerprint density at radius 1 is 1.22 bits per heavy atom. The monoisotopic (exact) mass is 255 g/mol. The van der Waals surface area contributed by atoms with E-state index in [2.05, 4.69) is 33.0 Å². The summed E-state index contributed by atoms with van der Waals surface area (Å²) < 4.78 is 6.20. The fourth-order valence-corrected chi connectivity index (χ4v) is 2.91. The van der Waals surface area contributed by atoms with E-state index in [1.807, 2.05) is 0 Å². The van der Waals surface area contributed by atoms with E-state index in [9.17, 15) is 0 Å². The topological polar surface area (TPSA) is 21.3 Å². The molecule has 0 saturated heterocycles. The molecule has 0 spiro atoms. The molecule has 18 heavy (non-hydrogen) atoms. The smallest absolute Gasteiger partial charge is 0.0581 e. The van der Waals surface area contributed by atoms with Gasteiger partial charge in [0, 0.05) is 6.04 Å². The van der Waals surface area contributed by atoms with Crippen LogP contribution in [-0.2, 0) is 4.74 Å². The highest BCUT2D eigenvalue weighted by Crippen LogP contribution is 2.29. The van der Waals surface area contributed by atoms with Gasteiger partial charge in [0.15, 0.2) is 0 Å². The van der Waals surface area contributed by atoms with Crippen LogP contribution in [0.1, 0.15) is 72.6 Å². The maximum absolute atomic E-state index is 6.20. The van der Waals surface area contributed by atoms with Crippen molar-refractivity contribution in [3.63, 3.8) is 0 Å². The molecule has 1 aliphatic carbocycles. The van der Waals surface area contributed by atoms with Crippen LogP contribution in [0.4, 0.5) is 0 Å². The number of ether oxygens (including phenoxy) is 1. The van der Waals surface area contributed by atoms with Gasteiger partial charge in [0.05, 0.1) is 12.2 Å². The van der Waals surface area contributed by atoms with Crippen molar-refractivity contribution in [2.24, 2.45) is 5.92 Å². The van der Waals surface area contributed by atoms with E-state index in [0.717, 1.165) is 12.5 Å². The van der Waals surface area contributed by atoms with Crippen LogP contribution in [0.2, 0.25) is 0 Å². The van der Waals surface area contributed by atoms with Crippen molar-refractivity contribution in [1.29, 1.82) is 0 Å². The van der Waals surface area contributed by atoms with Crippen molar-refractivity contribution >= 4 is 0 Å². The van der Waals surface area contributed by atoms with Gasteiger partial charge in [-0.15, -0.1) is 0 Å². The van der Waals surface area contributed by atoms with Crippen LogP contribution in [0.5, 0.6) is 0 Å². The lowest BCUT2D eigenvalue weighted by Crippen LogP contribution is -2.28. The molecule has 1 saturated carbocycles. The number of rotatable bonds is 8. The van der Waals surface area contributed by atoms with Crippen LogP contribution < -0.4 is 5.32 Å². The fraction of sp³-hybridized carbons (Fsp3) is 1.00. The molecule has 0 heterocycles. The second kappa shape index (κ2) is 8.92. The second-order valence-electron chi connectivity index (χ2n) is 6.26. The summed E-state index contributed by atoms with van der Waals surface area (Å²) in [6.45, 7) is 10.1. The maximum atomic E-state index is 6.20. The lowest BCUT2D eigenvalue weighted by atomic mass is 9.85. The Labute approximate surface area is 114 Å². The molecule has 1 fully saturated rings. The van der Waals surface area contributed by atoms with E-state index in [0.29, 0.717) is 18.2 Å². The Balaban J connectivity index is 2.09. The number of hydrogen-bond donors (Lipinski definition) is 1. The molecule has 1 rings (SSSR count). The minimum Gasteiger partial charge on any atom is -0.375 e. The van der Waals surface area contributed by atoms with Gasteiger partial charge < -0.3 is 10.1 Å². The third-order valence-corrected chi connectivity index (χ3v) is 4.08. The van der Waals surface area contributed by atoms with E-state index in [1.165, 1.54) is 44.9 Å². The number of nitrogens with one attached hydrogen (secondary N) is 1. The van der Waals surface area contributed by atoms with Crippen LogP contribution >= 0.6 is 0 Å². The first-order valence-corrected chi connectivity index (χ1v) is 8.00. The summed E-state index contributed by atoms with van der Waals surface area (Å²) in [6, 6.07) is 0.602. The van der Waals surface area contributed by atoms with Crippen molar-refractivity contribution in [3.8, 4) is 0 Å². The summed E-state index contributed by atoms with van der Waals surface area (Å²) in [6.07, 6.45) is 10.1. The van der Waals surface area contributed by atoms with Gasteiger partial charge in [-0.25, -0.2) is 0 Å². The van der Waals surface area contributed by atoms with Gasteiger partial charge >= 0.3 is 0 Å². The minimum atomic E-state index is 0.430. The normalized spacial score (nSPS) is 26.5. The van der Waals surface area contributed by atoms with Crippen LogP contribution in [0.15, 0.2) is 0 Å². The van der Waals surface area contributed by atoms with E-state index in [4.69, 9.17) is 4.74 Å². The first-order chi connectivity index (χ1) is 8.61. The predicted molar refractivity (Wildman–Crippen MR) is 79.0 cm³/mol. The van der Waals surface area contributed by atoms with Crippen LogP contribution in [0.25, 0.3) is 0 Å². The molecule has 0 aromatic carbocycles. The Hall–Kier alpha value is -0.0800. The summed E-state index contributed by atoms with van der Waals surface area (Å²) in [4.78, 5) is 0. The third kappa shape index (κ3) is 6.75. The van der Waals surface area contributed by atoms with Gasteiger partial charge in [-0.3, -0.25) is 0 Å². The van der Waals surface area contributed by atoms with Crippen molar-refractivity contribution in [3.05, 3.63) is 0 Å². The minimum absolute atomic E-state index is 0.430. The molecule has 0 radical (unpaired) electrons. The standard InChI is InChI=1S/C16H33NO/c1-5-15-9-6-10-16(12-15)18-14(4)8-7-11-17-13(2)3/h13-17H,5-12H2,1-4H3. The maximum Gasteiger partial charge on any atom is 0.0581 e. The van der Waals surface area contributed by atoms with E-state index < -0.39 is 0 Å². The molecule has 0 aliphatic heterocycles. The zero-order chi connectivity index (χ0) is 13.4. The molecule has 2 nitrogen and oxygen atoms in total. The molecule has 1 aliphatic rings. The van der Waals surface area contributed by atoms with E-state index in [-0.39, 0.29) is 0 Å². The molecule has 0 bridgehead atoms. The van der Waals surface area contributed by atoms with Crippen molar-refractivity contribution in [1.82, 2.24) is 5.32 Å². The van der Waals surface area contributed by atoms with Gasteiger partial charge in [0.2, 0.25) is 0 Å². The molecule has 0 amide bonds. The molecule has 0 aromatic rings. The van der Waals surface area contributed by atoms with Gasteiger partial charge in [0.1, 0.15) is 0 Å². The molecule has 0 aromatic heterocycles. The zero-order valence-corrected chi connectivity index (χ0v) is 12.9. The molecule has 3 unspecified atom stereocenters. The first kappa shape index (κ1) is 16.0. The summed E-state index contributed by atoms with van der Waals surface area (Å²) in [5.41, 5.74) is 0. The van der Waals surface area contributed by atoms with Gasteiger partial charge in [-0.05, 0) is 45.1 Å². The van der Waals surface area contributed by atoms with Gasteiger partial charge in [-0.2, -0.15) is 0 Å². The molecule has 2 heteroatoms. The summed E-state index contributed by atoms with van der Waals surface area (Å²) >= 11 is 0. The lowest BCUT2D eigenvalue weighted by molar-refractivity contribution is -0.0361. The second-order valence-corrected chi connectivity index (χ2v) is 6.26.